The summed E-state index contributed by atoms with van der Waals surface area (Å²) in [6, 6.07) is 9.61. The van der Waals surface area contributed by atoms with Gasteiger partial charge in [0.2, 0.25) is 0 Å². The minimum Gasteiger partial charge on any atom is -0.265 e. The number of hydrogen-bond donors (Lipinski definition) is 0. The molecule has 0 aliphatic rings. The molecule has 0 saturated carbocycles. The maximum absolute atomic E-state index is 5.88. The number of aromatic nitrogens is 5. The molecular weight excluding hydrogens is 310 g/mol. The zero-order valence-corrected chi connectivity index (χ0v) is 12.9. The van der Waals surface area contributed by atoms with Crippen molar-refractivity contribution in [3.63, 3.8) is 0 Å². The molecule has 23 heavy (non-hydrogen) atoms. The first-order valence-electron chi connectivity index (χ1n) is 7.14. The van der Waals surface area contributed by atoms with Gasteiger partial charge in [-0.05, 0) is 30.3 Å². The van der Waals surface area contributed by atoms with Crippen molar-refractivity contribution in [1.82, 2.24) is 24.6 Å². The number of pyridine rings is 2. The molecule has 4 heterocycles. The van der Waals surface area contributed by atoms with E-state index in [2.05, 4.69) is 20.1 Å². The molecule has 5 nitrogen and oxygen atoms in total. The predicted octanol–water partition coefficient (Wildman–Crippen LogP) is 3.43. The Labute approximate surface area is 137 Å². The minimum atomic E-state index is 0.631. The summed E-state index contributed by atoms with van der Waals surface area (Å²) in [5.41, 5.74) is 4.81. The second kappa shape index (κ2) is 5.78. The smallest absolute Gasteiger partial charge is 0.159 e. The van der Waals surface area contributed by atoms with Crippen LogP contribution in [0.4, 0.5) is 0 Å². The standard InChI is InChI=1S/C17H12ClN5/c18-14-1-2-15(21-11-14)9-13-10-22-23-16(5-8-20-17(13)23)12-3-6-19-7-4-12/h1-8,10-11H,9H2. The highest BCUT2D eigenvalue weighted by atomic mass is 35.5. The second-order valence-corrected chi connectivity index (χ2v) is 5.55. The summed E-state index contributed by atoms with van der Waals surface area (Å²) < 4.78 is 1.85. The molecule has 0 amide bonds. The van der Waals surface area contributed by atoms with Crippen molar-refractivity contribution in [2.75, 3.05) is 0 Å². The van der Waals surface area contributed by atoms with Gasteiger partial charge >= 0.3 is 0 Å². The maximum atomic E-state index is 5.88. The van der Waals surface area contributed by atoms with Gasteiger partial charge in [-0.3, -0.25) is 9.97 Å². The number of fused-ring (bicyclic) bond motifs is 1. The van der Waals surface area contributed by atoms with Crippen molar-refractivity contribution in [3.8, 4) is 11.3 Å². The fourth-order valence-corrected chi connectivity index (χ4v) is 2.62. The Kier molecular flexibility index (Phi) is 3.48. The average molecular weight is 322 g/mol. The van der Waals surface area contributed by atoms with Crippen LogP contribution in [0.5, 0.6) is 0 Å². The molecule has 112 valence electrons. The highest BCUT2D eigenvalue weighted by Gasteiger charge is 2.11. The third-order valence-corrected chi connectivity index (χ3v) is 3.83. The van der Waals surface area contributed by atoms with Gasteiger partial charge in [0.05, 0.1) is 16.9 Å². The normalized spacial score (nSPS) is 11.0. The maximum Gasteiger partial charge on any atom is 0.159 e. The van der Waals surface area contributed by atoms with Crippen molar-refractivity contribution in [3.05, 3.63) is 77.6 Å². The molecule has 0 radical (unpaired) electrons. The van der Waals surface area contributed by atoms with E-state index >= 15 is 0 Å². The van der Waals surface area contributed by atoms with Gasteiger partial charge < -0.3 is 0 Å². The average Bonchev–Trinajstić information content (AvgIpc) is 3.01. The minimum absolute atomic E-state index is 0.631. The first-order valence-corrected chi connectivity index (χ1v) is 7.51. The van der Waals surface area contributed by atoms with E-state index in [1.165, 1.54) is 0 Å². The lowest BCUT2D eigenvalue weighted by molar-refractivity contribution is 0.947. The third-order valence-electron chi connectivity index (χ3n) is 3.61. The molecule has 0 spiro atoms. The number of halogens is 1. The van der Waals surface area contributed by atoms with Gasteiger partial charge in [-0.25, -0.2) is 9.50 Å². The Morgan fingerprint density at radius 1 is 0.913 bits per heavy atom. The topological polar surface area (TPSA) is 56.0 Å². The van der Waals surface area contributed by atoms with E-state index in [0.717, 1.165) is 28.2 Å². The molecule has 0 aromatic carbocycles. The van der Waals surface area contributed by atoms with E-state index in [9.17, 15) is 0 Å². The van der Waals surface area contributed by atoms with E-state index in [4.69, 9.17) is 11.6 Å². The number of rotatable bonds is 3. The quantitative estimate of drug-likeness (QED) is 0.580. The van der Waals surface area contributed by atoms with Crippen molar-refractivity contribution < 1.29 is 0 Å². The Morgan fingerprint density at radius 3 is 2.57 bits per heavy atom. The van der Waals surface area contributed by atoms with Crippen LogP contribution in [-0.2, 0) is 6.42 Å². The summed E-state index contributed by atoms with van der Waals surface area (Å²) in [6.07, 6.45) is 9.48. The van der Waals surface area contributed by atoms with Crippen LogP contribution >= 0.6 is 11.6 Å². The van der Waals surface area contributed by atoms with Gasteiger partial charge in [0.1, 0.15) is 0 Å². The Morgan fingerprint density at radius 2 is 1.78 bits per heavy atom. The van der Waals surface area contributed by atoms with Crippen molar-refractivity contribution in [1.29, 1.82) is 0 Å². The molecule has 4 aromatic heterocycles. The van der Waals surface area contributed by atoms with Crippen LogP contribution in [0.1, 0.15) is 11.3 Å². The molecule has 6 heteroatoms. The summed E-state index contributed by atoms with van der Waals surface area (Å²) in [7, 11) is 0. The SMILES string of the molecule is Clc1ccc(Cc2cnn3c(-c4ccncc4)ccnc23)nc1. The molecule has 0 fully saturated rings. The van der Waals surface area contributed by atoms with E-state index < -0.39 is 0 Å². The molecule has 4 aromatic rings. The van der Waals surface area contributed by atoms with Crippen molar-refractivity contribution >= 4 is 17.2 Å². The highest BCUT2D eigenvalue weighted by Crippen LogP contribution is 2.21. The van der Waals surface area contributed by atoms with Crippen LogP contribution in [-0.4, -0.2) is 24.6 Å². The van der Waals surface area contributed by atoms with Gasteiger partial charge in [0.25, 0.3) is 0 Å². The van der Waals surface area contributed by atoms with Gasteiger partial charge in [-0.15, -0.1) is 0 Å². The summed E-state index contributed by atoms with van der Waals surface area (Å²) in [5, 5.41) is 5.12. The Bertz CT molecular complexity index is 948. The van der Waals surface area contributed by atoms with Crippen molar-refractivity contribution in [2.45, 2.75) is 6.42 Å². The Balaban J connectivity index is 1.77. The van der Waals surface area contributed by atoms with E-state index in [-0.39, 0.29) is 0 Å². The lowest BCUT2D eigenvalue weighted by atomic mass is 10.1. The molecule has 0 aliphatic heterocycles. The van der Waals surface area contributed by atoms with E-state index in [0.29, 0.717) is 11.4 Å². The number of hydrogen-bond acceptors (Lipinski definition) is 4. The largest absolute Gasteiger partial charge is 0.265 e. The highest BCUT2D eigenvalue weighted by molar-refractivity contribution is 6.30. The monoisotopic (exact) mass is 321 g/mol. The van der Waals surface area contributed by atoms with Crippen LogP contribution in [0.3, 0.4) is 0 Å². The zero-order valence-electron chi connectivity index (χ0n) is 12.1. The Hall–Kier alpha value is -2.79. The molecule has 0 N–H and O–H groups in total. The fraction of sp³-hybridized carbons (Fsp3) is 0.0588. The molecule has 0 saturated heterocycles. The van der Waals surface area contributed by atoms with Crippen LogP contribution < -0.4 is 0 Å². The van der Waals surface area contributed by atoms with Gasteiger partial charge in [0, 0.05) is 48.0 Å². The van der Waals surface area contributed by atoms with Crippen molar-refractivity contribution in [2.24, 2.45) is 0 Å². The van der Waals surface area contributed by atoms with Crippen LogP contribution in [0.25, 0.3) is 16.9 Å². The van der Waals surface area contributed by atoms with Gasteiger partial charge in [0.15, 0.2) is 5.65 Å². The van der Waals surface area contributed by atoms with Crippen LogP contribution in [0, 0.1) is 0 Å². The summed E-state index contributed by atoms with van der Waals surface area (Å²) in [6.45, 7) is 0. The summed E-state index contributed by atoms with van der Waals surface area (Å²) >= 11 is 5.88. The van der Waals surface area contributed by atoms with Gasteiger partial charge in [-0.2, -0.15) is 5.10 Å². The lowest BCUT2D eigenvalue weighted by Crippen LogP contribution is -1.97. The van der Waals surface area contributed by atoms with Crippen LogP contribution in [0.15, 0.2) is 61.3 Å². The first kappa shape index (κ1) is 13.8. The molecule has 0 aliphatic carbocycles. The predicted molar refractivity (Wildman–Crippen MR) is 88.3 cm³/mol. The lowest BCUT2D eigenvalue weighted by Gasteiger charge is -2.04. The summed E-state index contributed by atoms with van der Waals surface area (Å²) in [4.78, 5) is 12.9. The number of nitrogens with zero attached hydrogens (tertiary/aromatic N) is 5. The second-order valence-electron chi connectivity index (χ2n) is 5.12. The molecular formula is C17H12ClN5. The molecule has 4 rings (SSSR count). The fourth-order valence-electron chi connectivity index (χ4n) is 2.51. The van der Waals surface area contributed by atoms with E-state index in [1.54, 1.807) is 24.8 Å². The van der Waals surface area contributed by atoms with E-state index in [1.807, 2.05) is 41.0 Å². The van der Waals surface area contributed by atoms with Crippen LogP contribution in [0.2, 0.25) is 5.02 Å². The molecule has 0 unspecified atom stereocenters. The first-order chi connectivity index (χ1) is 11.3. The zero-order chi connectivity index (χ0) is 15.6. The summed E-state index contributed by atoms with van der Waals surface area (Å²) in [5.74, 6) is 0. The molecule has 0 bridgehead atoms. The van der Waals surface area contributed by atoms with Gasteiger partial charge in [-0.1, -0.05) is 11.6 Å². The third kappa shape index (κ3) is 2.66. The molecule has 0 atom stereocenters.